The molecule has 1 heterocycles. The lowest BCUT2D eigenvalue weighted by Gasteiger charge is -2.12. The number of nitrogens with one attached hydrogen (secondary N) is 2. The summed E-state index contributed by atoms with van der Waals surface area (Å²) in [5, 5.41) is 6.84. The number of hydrogen-bond acceptors (Lipinski definition) is 4. The van der Waals surface area contributed by atoms with Gasteiger partial charge in [0.2, 0.25) is 11.8 Å². The first-order valence-corrected chi connectivity index (χ1v) is 7.54. The van der Waals surface area contributed by atoms with Gasteiger partial charge in [-0.3, -0.25) is 9.59 Å². The van der Waals surface area contributed by atoms with Crippen LogP contribution in [-0.4, -0.2) is 30.7 Å². The molecule has 2 N–H and O–H groups in total. The van der Waals surface area contributed by atoms with Gasteiger partial charge in [0.25, 0.3) is 0 Å². The Bertz CT molecular complexity index is 591. The largest absolute Gasteiger partial charge is 0.371 e. The number of benzene rings is 1. The van der Waals surface area contributed by atoms with Crippen LogP contribution in [0.3, 0.4) is 0 Å². The standard InChI is InChI=1S/C16H19N3O3/c20-15-8-7-14(18-19-15)12-3-5-13(6-4-12)17-16(21)10-22-9-11-1-2-11/h3-6,11H,1-2,7-10H2,(H,17,21)(H,19,20). The van der Waals surface area contributed by atoms with Gasteiger partial charge in [-0.1, -0.05) is 12.1 Å². The van der Waals surface area contributed by atoms with E-state index in [1.807, 2.05) is 24.3 Å². The van der Waals surface area contributed by atoms with Crippen LogP contribution in [0.25, 0.3) is 0 Å². The van der Waals surface area contributed by atoms with Gasteiger partial charge in [-0.15, -0.1) is 0 Å². The molecular weight excluding hydrogens is 282 g/mol. The maximum atomic E-state index is 11.7. The van der Waals surface area contributed by atoms with Crippen molar-refractivity contribution in [2.45, 2.75) is 25.7 Å². The third kappa shape index (κ3) is 4.14. The summed E-state index contributed by atoms with van der Waals surface area (Å²) in [4.78, 5) is 22.8. The van der Waals surface area contributed by atoms with Gasteiger partial charge in [0.1, 0.15) is 6.61 Å². The van der Waals surface area contributed by atoms with Gasteiger partial charge in [0.05, 0.1) is 12.3 Å². The number of hydrogen-bond donors (Lipinski definition) is 2. The quantitative estimate of drug-likeness (QED) is 0.838. The third-order valence-corrected chi connectivity index (χ3v) is 3.69. The molecule has 0 saturated heterocycles. The summed E-state index contributed by atoms with van der Waals surface area (Å²) in [7, 11) is 0. The van der Waals surface area contributed by atoms with E-state index >= 15 is 0 Å². The minimum atomic E-state index is -0.143. The van der Waals surface area contributed by atoms with Crippen LogP contribution in [0.1, 0.15) is 31.2 Å². The molecule has 3 rings (SSSR count). The Balaban J connectivity index is 1.50. The molecule has 116 valence electrons. The molecular formula is C16H19N3O3. The second kappa shape index (κ2) is 6.70. The van der Waals surface area contributed by atoms with Gasteiger partial charge in [0.15, 0.2) is 0 Å². The zero-order chi connectivity index (χ0) is 15.4. The zero-order valence-electron chi connectivity index (χ0n) is 12.3. The normalized spacial score (nSPS) is 17.6. The van der Waals surface area contributed by atoms with Crippen LogP contribution in [0, 0.1) is 5.92 Å². The van der Waals surface area contributed by atoms with E-state index in [0.717, 1.165) is 17.0 Å². The van der Waals surface area contributed by atoms with Crippen LogP contribution in [0.4, 0.5) is 5.69 Å². The average molecular weight is 301 g/mol. The van der Waals surface area contributed by atoms with Crippen LogP contribution < -0.4 is 10.7 Å². The Morgan fingerprint density at radius 3 is 2.68 bits per heavy atom. The van der Waals surface area contributed by atoms with Gasteiger partial charge in [-0.2, -0.15) is 5.10 Å². The lowest BCUT2D eigenvalue weighted by molar-refractivity contribution is -0.121. The number of nitrogens with zero attached hydrogens (tertiary/aromatic N) is 1. The Hall–Kier alpha value is -2.21. The van der Waals surface area contributed by atoms with Gasteiger partial charge in [-0.05, 0) is 36.5 Å². The van der Waals surface area contributed by atoms with Gasteiger partial charge in [-0.25, -0.2) is 5.43 Å². The number of ether oxygens (including phenoxy) is 1. The van der Waals surface area contributed by atoms with E-state index in [1.165, 1.54) is 12.8 Å². The first kappa shape index (κ1) is 14.7. The SMILES string of the molecule is O=C1CCC(c2ccc(NC(=O)COCC3CC3)cc2)=NN1. The first-order chi connectivity index (χ1) is 10.7. The van der Waals surface area contributed by atoms with Crippen molar-refractivity contribution in [1.82, 2.24) is 5.43 Å². The highest BCUT2D eigenvalue weighted by molar-refractivity contribution is 6.04. The van der Waals surface area contributed by atoms with E-state index in [1.54, 1.807) is 0 Å². The fraction of sp³-hybridized carbons (Fsp3) is 0.438. The number of hydrazone groups is 1. The van der Waals surface area contributed by atoms with Crippen molar-refractivity contribution in [3.05, 3.63) is 29.8 Å². The molecule has 2 amide bonds. The first-order valence-electron chi connectivity index (χ1n) is 7.54. The highest BCUT2D eigenvalue weighted by Gasteiger charge is 2.21. The summed E-state index contributed by atoms with van der Waals surface area (Å²) in [5.41, 5.74) is 5.00. The van der Waals surface area contributed by atoms with Crippen molar-refractivity contribution in [1.29, 1.82) is 0 Å². The second-order valence-corrected chi connectivity index (χ2v) is 5.68. The number of amides is 2. The molecule has 0 bridgehead atoms. The Morgan fingerprint density at radius 2 is 2.05 bits per heavy atom. The zero-order valence-corrected chi connectivity index (χ0v) is 12.3. The van der Waals surface area contributed by atoms with Crippen LogP contribution in [0.5, 0.6) is 0 Å². The van der Waals surface area contributed by atoms with E-state index < -0.39 is 0 Å². The van der Waals surface area contributed by atoms with Crippen LogP contribution in [-0.2, 0) is 14.3 Å². The molecule has 0 atom stereocenters. The predicted molar refractivity (Wildman–Crippen MR) is 82.5 cm³/mol. The summed E-state index contributed by atoms with van der Waals surface area (Å²) in [6.07, 6.45) is 3.52. The lowest BCUT2D eigenvalue weighted by atomic mass is 10.0. The van der Waals surface area contributed by atoms with E-state index in [4.69, 9.17) is 4.74 Å². The lowest BCUT2D eigenvalue weighted by Crippen LogP contribution is -2.25. The highest BCUT2D eigenvalue weighted by Crippen LogP contribution is 2.28. The fourth-order valence-corrected chi connectivity index (χ4v) is 2.23. The maximum Gasteiger partial charge on any atom is 0.250 e. The molecule has 1 saturated carbocycles. The van der Waals surface area contributed by atoms with Crippen molar-refractivity contribution in [2.75, 3.05) is 18.5 Å². The van der Waals surface area contributed by atoms with Crippen molar-refractivity contribution in [3.63, 3.8) is 0 Å². The molecule has 1 aromatic rings. The molecule has 2 aliphatic rings. The Labute approximate surface area is 128 Å². The molecule has 0 unspecified atom stereocenters. The number of anilines is 1. The molecule has 0 spiro atoms. The van der Waals surface area contributed by atoms with Crippen LogP contribution in [0.15, 0.2) is 29.4 Å². The van der Waals surface area contributed by atoms with Gasteiger partial charge in [0, 0.05) is 18.5 Å². The summed E-state index contributed by atoms with van der Waals surface area (Å²) in [6.45, 7) is 0.773. The predicted octanol–water partition coefficient (Wildman–Crippen LogP) is 1.67. The molecule has 1 fully saturated rings. The Morgan fingerprint density at radius 1 is 1.27 bits per heavy atom. The van der Waals surface area contributed by atoms with Crippen LogP contribution in [0.2, 0.25) is 0 Å². The Kier molecular flexibility index (Phi) is 4.48. The molecule has 6 heteroatoms. The molecule has 0 aromatic heterocycles. The van der Waals surface area contributed by atoms with Crippen LogP contribution >= 0.6 is 0 Å². The summed E-state index contributed by atoms with van der Waals surface area (Å²) >= 11 is 0. The van der Waals surface area contributed by atoms with Crippen molar-refractivity contribution < 1.29 is 14.3 Å². The number of carbonyl (C=O) groups is 2. The number of rotatable bonds is 6. The summed E-state index contributed by atoms with van der Waals surface area (Å²) < 4.78 is 5.35. The smallest absolute Gasteiger partial charge is 0.250 e. The van der Waals surface area contributed by atoms with Crippen molar-refractivity contribution >= 4 is 23.2 Å². The monoisotopic (exact) mass is 301 g/mol. The molecule has 0 radical (unpaired) electrons. The third-order valence-electron chi connectivity index (χ3n) is 3.69. The molecule has 22 heavy (non-hydrogen) atoms. The molecule has 1 aliphatic carbocycles. The second-order valence-electron chi connectivity index (χ2n) is 5.68. The van der Waals surface area contributed by atoms with E-state index in [0.29, 0.717) is 25.4 Å². The van der Waals surface area contributed by atoms with E-state index in [2.05, 4.69) is 15.8 Å². The topological polar surface area (TPSA) is 79.8 Å². The fourth-order valence-electron chi connectivity index (χ4n) is 2.23. The minimum Gasteiger partial charge on any atom is -0.371 e. The van der Waals surface area contributed by atoms with Crippen molar-refractivity contribution in [3.8, 4) is 0 Å². The minimum absolute atomic E-state index is 0.0566. The van der Waals surface area contributed by atoms with Crippen molar-refractivity contribution in [2.24, 2.45) is 11.0 Å². The maximum absolute atomic E-state index is 11.7. The van der Waals surface area contributed by atoms with E-state index in [-0.39, 0.29) is 18.4 Å². The molecule has 1 aliphatic heterocycles. The molecule has 1 aromatic carbocycles. The molecule has 6 nitrogen and oxygen atoms in total. The van der Waals surface area contributed by atoms with Gasteiger partial charge < -0.3 is 10.1 Å². The van der Waals surface area contributed by atoms with Gasteiger partial charge >= 0.3 is 0 Å². The summed E-state index contributed by atoms with van der Waals surface area (Å²) in [5.74, 6) is 0.457. The van der Waals surface area contributed by atoms with E-state index in [9.17, 15) is 9.59 Å². The number of carbonyl (C=O) groups excluding carboxylic acids is 2. The summed E-state index contributed by atoms with van der Waals surface area (Å²) in [6, 6.07) is 7.42. The average Bonchev–Trinajstić information content (AvgIpc) is 3.33. The highest BCUT2D eigenvalue weighted by atomic mass is 16.5.